The molecule has 0 radical (unpaired) electrons. The van der Waals surface area contributed by atoms with Crippen molar-refractivity contribution in [2.45, 2.75) is 0 Å². The first kappa shape index (κ1) is 27.1. The lowest BCUT2D eigenvalue weighted by Gasteiger charge is -2.11. The Balaban J connectivity index is 1.11. The van der Waals surface area contributed by atoms with E-state index in [1.54, 1.807) is 0 Å². The number of para-hydroxylation sites is 3. The maximum absolute atomic E-state index is 5.14. The smallest absolute Gasteiger partial charge is 0.238 e. The van der Waals surface area contributed by atoms with Crippen LogP contribution in [0.1, 0.15) is 0 Å². The summed E-state index contributed by atoms with van der Waals surface area (Å²) in [6, 6.07) is 52.9. The van der Waals surface area contributed by atoms with Crippen LogP contribution in [0.3, 0.4) is 0 Å². The Kier molecular flexibility index (Phi) is 5.57. The molecule has 0 N–H and O–H groups in total. The first-order valence-electron chi connectivity index (χ1n) is 16.7. The second-order valence-electron chi connectivity index (χ2n) is 12.7. The van der Waals surface area contributed by atoms with Crippen LogP contribution in [0, 0.1) is 0 Å². The number of aromatic nitrogens is 6. The highest BCUT2D eigenvalue weighted by Crippen LogP contribution is 2.43. The Labute approximate surface area is 285 Å². The summed E-state index contributed by atoms with van der Waals surface area (Å²) >= 11 is 0. The summed E-state index contributed by atoms with van der Waals surface area (Å²) in [5.74, 6) is 1.85. The Hall–Kier alpha value is -6.92. The van der Waals surface area contributed by atoms with E-state index in [-0.39, 0.29) is 0 Å². The Morgan fingerprint density at radius 2 is 0.980 bits per heavy atom. The van der Waals surface area contributed by atoms with Gasteiger partial charge in [-0.2, -0.15) is 9.97 Å². The van der Waals surface area contributed by atoms with Crippen molar-refractivity contribution in [3.05, 3.63) is 158 Å². The summed E-state index contributed by atoms with van der Waals surface area (Å²) in [4.78, 5) is 20.0. The Morgan fingerprint density at radius 3 is 1.70 bits per heavy atom. The van der Waals surface area contributed by atoms with E-state index in [9.17, 15) is 0 Å². The van der Waals surface area contributed by atoms with Gasteiger partial charge < -0.3 is 0 Å². The molecule has 0 saturated heterocycles. The van der Waals surface area contributed by atoms with Gasteiger partial charge in [0.15, 0.2) is 11.6 Å². The van der Waals surface area contributed by atoms with Gasteiger partial charge >= 0.3 is 0 Å². The quantitative estimate of drug-likeness (QED) is 0.192. The molecule has 11 rings (SSSR count). The SMILES string of the molecule is c1ccc(-c2nc(-c3ccc(-c4ccc5c6cccnc6n6c7ccccc7c4c56)cc3)nc(-n3c4ccccc4c4ccccc43)n2)cc1. The molecule has 0 saturated carbocycles. The Morgan fingerprint density at radius 1 is 0.400 bits per heavy atom. The number of nitrogens with zero attached hydrogens (tertiary/aromatic N) is 6. The normalized spacial score (nSPS) is 12.0. The standard InChI is InChI=1S/C44H26N6/c1-2-11-28(12-3-1)41-46-42(48-44(47-41)49-36-17-7-4-13-31(36)32-14-5-8-18-37(32)49)29-22-20-27(21-23-29)30-24-25-33-34-16-10-26-45-43(34)50-38-19-9-6-15-35(38)39(30)40(33)50/h1-26H. The van der Waals surface area contributed by atoms with Crippen molar-refractivity contribution in [3.8, 4) is 39.9 Å². The molecule has 0 fully saturated rings. The molecular formula is C44H26N6. The number of fused-ring (bicyclic) bond motifs is 9. The van der Waals surface area contributed by atoms with Crippen molar-refractivity contribution in [2.75, 3.05) is 0 Å². The highest BCUT2D eigenvalue weighted by Gasteiger charge is 2.21. The first-order chi connectivity index (χ1) is 24.8. The maximum Gasteiger partial charge on any atom is 0.238 e. The van der Waals surface area contributed by atoms with Gasteiger partial charge in [-0.15, -0.1) is 0 Å². The summed E-state index contributed by atoms with van der Waals surface area (Å²) in [5.41, 5.74) is 9.66. The molecule has 0 spiro atoms. The number of hydrogen-bond acceptors (Lipinski definition) is 4. The van der Waals surface area contributed by atoms with Crippen molar-refractivity contribution in [3.63, 3.8) is 0 Å². The molecule has 232 valence electrons. The van der Waals surface area contributed by atoms with Crippen molar-refractivity contribution >= 4 is 60.0 Å². The molecule has 0 aliphatic carbocycles. The van der Waals surface area contributed by atoms with Gasteiger partial charge in [-0.3, -0.25) is 8.97 Å². The minimum Gasteiger partial charge on any atom is -0.293 e. The third-order valence-electron chi connectivity index (χ3n) is 9.99. The minimum absolute atomic E-state index is 0.590. The second kappa shape index (κ2) is 10.3. The van der Waals surface area contributed by atoms with Crippen LogP contribution in [-0.4, -0.2) is 28.9 Å². The summed E-state index contributed by atoms with van der Waals surface area (Å²) in [6.45, 7) is 0. The fourth-order valence-electron chi connectivity index (χ4n) is 7.81. The number of benzene rings is 6. The molecule has 5 heterocycles. The van der Waals surface area contributed by atoms with Gasteiger partial charge in [0.1, 0.15) is 5.65 Å². The fraction of sp³-hybridized carbons (Fsp3) is 0. The highest BCUT2D eigenvalue weighted by molar-refractivity contribution is 6.26. The first-order valence-corrected chi connectivity index (χ1v) is 16.7. The molecule has 0 aliphatic rings. The predicted molar refractivity (Wildman–Crippen MR) is 203 cm³/mol. The van der Waals surface area contributed by atoms with Crippen LogP contribution in [0.15, 0.2) is 158 Å². The maximum atomic E-state index is 5.14. The van der Waals surface area contributed by atoms with E-state index < -0.39 is 0 Å². The molecule has 0 amide bonds. The fourth-order valence-corrected chi connectivity index (χ4v) is 7.81. The molecule has 6 nitrogen and oxygen atoms in total. The summed E-state index contributed by atoms with van der Waals surface area (Å²) in [6.07, 6.45) is 1.88. The van der Waals surface area contributed by atoms with E-state index in [0.717, 1.165) is 44.1 Å². The lowest BCUT2D eigenvalue weighted by atomic mass is 9.96. The molecule has 11 aromatic rings. The van der Waals surface area contributed by atoms with Crippen molar-refractivity contribution in [2.24, 2.45) is 0 Å². The number of rotatable bonds is 4. The predicted octanol–water partition coefficient (Wildman–Crippen LogP) is 10.5. The van der Waals surface area contributed by atoms with Crippen molar-refractivity contribution in [1.29, 1.82) is 0 Å². The number of hydrogen-bond donors (Lipinski definition) is 0. The molecular weight excluding hydrogens is 613 g/mol. The summed E-state index contributed by atoms with van der Waals surface area (Å²) < 4.78 is 4.47. The van der Waals surface area contributed by atoms with Crippen LogP contribution in [0.25, 0.3) is 99.9 Å². The van der Waals surface area contributed by atoms with E-state index in [4.69, 9.17) is 19.9 Å². The molecule has 0 bridgehead atoms. The summed E-state index contributed by atoms with van der Waals surface area (Å²) in [5, 5.41) is 7.18. The van der Waals surface area contributed by atoms with Gasteiger partial charge in [0.05, 0.1) is 22.1 Å². The van der Waals surface area contributed by atoms with Gasteiger partial charge in [-0.25, -0.2) is 9.97 Å². The molecule has 5 aromatic heterocycles. The van der Waals surface area contributed by atoms with E-state index in [1.807, 2.05) is 42.6 Å². The number of pyridine rings is 1. The summed E-state index contributed by atoms with van der Waals surface area (Å²) in [7, 11) is 0. The van der Waals surface area contributed by atoms with Gasteiger partial charge in [0.2, 0.25) is 5.95 Å². The largest absolute Gasteiger partial charge is 0.293 e. The molecule has 6 aromatic carbocycles. The van der Waals surface area contributed by atoms with E-state index >= 15 is 0 Å². The monoisotopic (exact) mass is 638 g/mol. The topological polar surface area (TPSA) is 60.9 Å². The van der Waals surface area contributed by atoms with Crippen molar-refractivity contribution in [1.82, 2.24) is 28.9 Å². The van der Waals surface area contributed by atoms with Gasteiger partial charge in [0, 0.05) is 49.6 Å². The third kappa shape index (κ3) is 3.78. The van der Waals surface area contributed by atoms with Crippen LogP contribution in [-0.2, 0) is 0 Å². The molecule has 6 heteroatoms. The van der Waals surface area contributed by atoms with E-state index in [1.165, 1.54) is 38.1 Å². The van der Waals surface area contributed by atoms with E-state index in [0.29, 0.717) is 17.6 Å². The second-order valence-corrected chi connectivity index (χ2v) is 12.7. The lowest BCUT2D eigenvalue weighted by Crippen LogP contribution is -2.06. The zero-order valence-corrected chi connectivity index (χ0v) is 26.7. The van der Waals surface area contributed by atoms with Crippen LogP contribution in [0.5, 0.6) is 0 Å². The van der Waals surface area contributed by atoms with Crippen LogP contribution >= 0.6 is 0 Å². The average molecular weight is 639 g/mol. The zero-order valence-electron chi connectivity index (χ0n) is 26.7. The molecule has 50 heavy (non-hydrogen) atoms. The lowest BCUT2D eigenvalue weighted by molar-refractivity contribution is 0.953. The van der Waals surface area contributed by atoms with Gasteiger partial charge in [-0.05, 0) is 41.5 Å². The molecule has 0 unspecified atom stereocenters. The minimum atomic E-state index is 0.590. The van der Waals surface area contributed by atoms with Crippen molar-refractivity contribution < 1.29 is 0 Å². The highest BCUT2D eigenvalue weighted by atomic mass is 15.2. The molecule has 0 aliphatic heterocycles. The zero-order chi connectivity index (χ0) is 32.8. The Bertz CT molecular complexity index is 3030. The van der Waals surface area contributed by atoms with Crippen LogP contribution in [0.2, 0.25) is 0 Å². The van der Waals surface area contributed by atoms with E-state index in [2.05, 4.69) is 124 Å². The molecule has 0 atom stereocenters. The average Bonchev–Trinajstić information content (AvgIpc) is 3.84. The van der Waals surface area contributed by atoms with Crippen LogP contribution in [0.4, 0.5) is 0 Å². The van der Waals surface area contributed by atoms with Gasteiger partial charge in [0.25, 0.3) is 0 Å². The van der Waals surface area contributed by atoms with Crippen LogP contribution < -0.4 is 0 Å². The van der Waals surface area contributed by atoms with Gasteiger partial charge in [-0.1, -0.05) is 121 Å². The third-order valence-corrected chi connectivity index (χ3v) is 9.99.